The van der Waals surface area contributed by atoms with Gasteiger partial charge in [-0.15, -0.1) is 10.2 Å². The van der Waals surface area contributed by atoms with Crippen LogP contribution in [0.3, 0.4) is 0 Å². The maximum atomic E-state index is 12.5. The number of nitrogens with zero attached hydrogens (tertiary/aromatic N) is 3. The largest absolute Gasteiger partial charge is 0.497 e. The molecule has 0 saturated heterocycles. The normalized spacial score (nSPS) is 11.7. The Hall–Kier alpha value is -3.13. The van der Waals surface area contributed by atoms with E-state index in [4.69, 9.17) is 4.74 Å². The summed E-state index contributed by atoms with van der Waals surface area (Å²) in [6, 6.07) is 14.3. The summed E-state index contributed by atoms with van der Waals surface area (Å²) < 4.78 is 7.06. The smallest absolute Gasteiger partial charge is 0.237 e. The molecule has 1 heterocycles. The Morgan fingerprint density at radius 2 is 1.93 bits per heavy atom. The first kappa shape index (κ1) is 19.6. The number of nitrogens with one attached hydrogen (secondary N) is 1. The molecule has 0 fully saturated rings. The average Bonchev–Trinajstić information content (AvgIpc) is 3.16. The Kier molecular flexibility index (Phi) is 6.10. The highest BCUT2D eigenvalue weighted by Gasteiger charge is 2.19. The second kappa shape index (κ2) is 8.71. The highest BCUT2D eigenvalue weighted by molar-refractivity contribution is 8.00. The lowest BCUT2D eigenvalue weighted by atomic mass is 10.1. The van der Waals surface area contributed by atoms with Crippen LogP contribution in [0.5, 0.6) is 5.75 Å². The van der Waals surface area contributed by atoms with Gasteiger partial charge in [-0.25, -0.2) is 0 Å². The lowest BCUT2D eigenvalue weighted by molar-refractivity contribution is -0.115. The molecule has 144 valence electrons. The molecular formula is C20H20N4O3S. The minimum Gasteiger partial charge on any atom is -0.497 e. The van der Waals surface area contributed by atoms with E-state index in [0.717, 1.165) is 11.4 Å². The molecule has 1 N–H and O–H groups in total. The lowest BCUT2D eigenvalue weighted by Gasteiger charge is -2.13. The van der Waals surface area contributed by atoms with Crippen molar-refractivity contribution in [1.29, 1.82) is 0 Å². The predicted molar refractivity (Wildman–Crippen MR) is 108 cm³/mol. The average molecular weight is 396 g/mol. The number of anilines is 1. The molecule has 1 unspecified atom stereocenters. The van der Waals surface area contributed by atoms with Gasteiger partial charge in [-0.2, -0.15) is 0 Å². The molecule has 0 radical (unpaired) electrons. The number of carbonyl (C=O) groups excluding carboxylic acids is 2. The second-order valence-electron chi connectivity index (χ2n) is 6.07. The summed E-state index contributed by atoms with van der Waals surface area (Å²) in [5, 5.41) is 11.1. The molecule has 0 saturated carbocycles. The Morgan fingerprint density at radius 3 is 2.61 bits per heavy atom. The number of rotatable bonds is 7. The van der Waals surface area contributed by atoms with Gasteiger partial charge in [0.1, 0.15) is 12.1 Å². The fourth-order valence-corrected chi connectivity index (χ4v) is 3.33. The van der Waals surface area contributed by atoms with Gasteiger partial charge in [-0.05, 0) is 50.2 Å². The molecule has 0 aliphatic carbocycles. The van der Waals surface area contributed by atoms with E-state index in [1.807, 2.05) is 24.3 Å². The molecule has 1 amide bonds. The molecule has 1 aromatic heterocycles. The third-order valence-corrected chi connectivity index (χ3v) is 5.12. The van der Waals surface area contributed by atoms with Gasteiger partial charge in [-0.1, -0.05) is 17.8 Å². The fraction of sp³-hybridized carbons (Fsp3) is 0.200. The molecular weight excluding hydrogens is 376 g/mol. The van der Waals surface area contributed by atoms with E-state index in [2.05, 4.69) is 15.5 Å². The highest BCUT2D eigenvalue weighted by atomic mass is 32.2. The highest BCUT2D eigenvalue weighted by Crippen LogP contribution is 2.26. The van der Waals surface area contributed by atoms with Crippen molar-refractivity contribution in [3.63, 3.8) is 0 Å². The van der Waals surface area contributed by atoms with Gasteiger partial charge in [0.15, 0.2) is 10.9 Å². The molecule has 2 aromatic carbocycles. The summed E-state index contributed by atoms with van der Waals surface area (Å²) >= 11 is 1.30. The van der Waals surface area contributed by atoms with E-state index in [-0.39, 0.29) is 11.7 Å². The Labute approximate surface area is 167 Å². The number of Topliss-reactive ketones (excluding diaryl/α,β-unsaturated/α-hetero) is 1. The minimum absolute atomic E-state index is 0.0151. The van der Waals surface area contributed by atoms with Crippen LogP contribution in [0.4, 0.5) is 5.69 Å². The third-order valence-electron chi connectivity index (χ3n) is 4.06. The van der Waals surface area contributed by atoms with Gasteiger partial charge >= 0.3 is 0 Å². The quantitative estimate of drug-likeness (QED) is 0.485. The Bertz CT molecular complexity index is 985. The van der Waals surface area contributed by atoms with E-state index in [1.165, 1.54) is 18.7 Å². The van der Waals surface area contributed by atoms with Crippen molar-refractivity contribution in [2.45, 2.75) is 24.3 Å². The molecule has 0 spiro atoms. The molecule has 0 bridgehead atoms. The number of ether oxygens (including phenoxy) is 1. The number of hydrogen-bond acceptors (Lipinski definition) is 6. The number of thioether (sulfide) groups is 1. The van der Waals surface area contributed by atoms with Crippen molar-refractivity contribution in [2.75, 3.05) is 12.4 Å². The van der Waals surface area contributed by atoms with Crippen LogP contribution in [-0.4, -0.2) is 38.8 Å². The molecule has 3 aromatic rings. The second-order valence-corrected chi connectivity index (χ2v) is 7.38. The number of hydrogen-bond donors (Lipinski definition) is 1. The van der Waals surface area contributed by atoms with Crippen LogP contribution in [-0.2, 0) is 4.79 Å². The van der Waals surface area contributed by atoms with Crippen molar-refractivity contribution in [3.8, 4) is 11.4 Å². The molecule has 3 rings (SSSR count). The van der Waals surface area contributed by atoms with E-state index in [1.54, 1.807) is 49.2 Å². The summed E-state index contributed by atoms with van der Waals surface area (Å²) in [5.74, 6) is 0.543. The van der Waals surface area contributed by atoms with E-state index >= 15 is 0 Å². The van der Waals surface area contributed by atoms with E-state index in [9.17, 15) is 9.59 Å². The van der Waals surface area contributed by atoms with Crippen LogP contribution in [0.25, 0.3) is 5.69 Å². The zero-order chi connectivity index (χ0) is 20.1. The monoisotopic (exact) mass is 396 g/mol. The van der Waals surface area contributed by atoms with Crippen LogP contribution >= 0.6 is 11.8 Å². The van der Waals surface area contributed by atoms with Crippen LogP contribution in [0, 0.1) is 0 Å². The van der Waals surface area contributed by atoms with Crippen molar-refractivity contribution in [1.82, 2.24) is 14.8 Å². The van der Waals surface area contributed by atoms with E-state index in [0.29, 0.717) is 16.4 Å². The number of carbonyl (C=O) groups is 2. The standard InChI is InChI=1S/C20H20N4O3S/c1-13(25)15-7-9-16(10-8-15)22-19(26)14(2)28-20-23-21-12-24(20)17-5-4-6-18(11-17)27-3/h4-12,14H,1-3H3,(H,22,26). The van der Waals surface area contributed by atoms with Crippen molar-refractivity contribution < 1.29 is 14.3 Å². The first-order valence-electron chi connectivity index (χ1n) is 8.61. The number of amides is 1. The Balaban J connectivity index is 1.69. The number of methoxy groups -OCH3 is 1. The maximum Gasteiger partial charge on any atom is 0.237 e. The molecule has 0 aliphatic rings. The lowest BCUT2D eigenvalue weighted by Crippen LogP contribution is -2.22. The van der Waals surface area contributed by atoms with Gasteiger partial charge in [0.2, 0.25) is 5.91 Å². The van der Waals surface area contributed by atoms with Crippen LogP contribution < -0.4 is 10.1 Å². The van der Waals surface area contributed by atoms with Gasteiger partial charge in [0.05, 0.1) is 18.0 Å². The molecule has 1 atom stereocenters. The van der Waals surface area contributed by atoms with Gasteiger partial charge in [-0.3, -0.25) is 14.2 Å². The fourth-order valence-electron chi connectivity index (χ4n) is 2.49. The summed E-state index contributed by atoms with van der Waals surface area (Å²) in [4.78, 5) is 23.9. The zero-order valence-electron chi connectivity index (χ0n) is 15.7. The van der Waals surface area contributed by atoms with Crippen LogP contribution in [0.2, 0.25) is 0 Å². The Morgan fingerprint density at radius 1 is 1.18 bits per heavy atom. The molecule has 7 nitrogen and oxygen atoms in total. The summed E-state index contributed by atoms with van der Waals surface area (Å²) in [5.41, 5.74) is 2.09. The topological polar surface area (TPSA) is 86.1 Å². The van der Waals surface area contributed by atoms with Crippen molar-refractivity contribution in [3.05, 3.63) is 60.4 Å². The predicted octanol–water partition coefficient (Wildman–Crippen LogP) is 3.60. The first-order valence-corrected chi connectivity index (χ1v) is 9.49. The molecule has 8 heteroatoms. The zero-order valence-corrected chi connectivity index (χ0v) is 16.6. The van der Waals surface area contributed by atoms with Gasteiger partial charge in [0.25, 0.3) is 0 Å². The minimum atomic E-state index is -0.402. The van der Waals surface area contributed by atoms with Crippen molar-refractivity contribution in [2.24, 2.45) is 0 Å². The number of benzene rings is 2. The van der Waals surface area contributed by atoms with Gasteiger partial charge in [0, 0.05) is 17.3 Å². The summed E-state index contributed by atoms with van der Waals surface area (Å²) in [6.07, 6.45) is 1.60. The summed E-state index contributed by atoms with van der Waals surface area (Å²) in [7, 11) is 1.61. The number of aromatic nitrogens is 3. The van der Waals surface area contributed by atoms with Crippen molar-refractivity contribution >= 4 is 29.1 Å². The van der Waals surface area contributed by atoms with Gasteiger partial charge < -0.3 is 10.1 Å². The third kappa shape index (κ3) is 4.58. The molecule has 0 aliphatic heterocycles. The molecule has 28 heavy (non-hydrogen) atoms. The van der Waals surface area contributed by atoms with Crippen LogP contribution in [0.1, 0.15) is 24.2 Å². The maximum absolute atomic E-state index is 12.5. The first-order chi connectivity index (χ1) is 13.5. The van der Waals surface area contributed by atoms with Crippen LogP contribution in [0.15, 0.2) is 60.0 Å². The number of ketones is 1. The SMILES string of the molecule is COc1cccc(-n2cnnc2SC(C)C(=O)Nc2ccc(C(C)=O)cc2)c1. The van der Waals surface area contributed by atoms with E-state index < -0.39 is 5.25 Å². The summed E-state index contributed by atoms with van der Waals surface area (Å²) in [6.45, 7) is 3.30.